The van der Waals surface area contributed by atoms with E-state index in [-0.39, 0.29) is 5.91 Å². The minimum Gasteiger partial charge on any atom is -0.348 e. The van der Waals surface area contributed by atoms with Gasteiger partial charge in [0.1, 0.15) is 5.69 Å². The summed E-state index contributed by atoms with van der Waals surface area (Å²) in [6.07, 6.45) is 1.98. The Morgan fingerprint density at radius 1 is 0.667 bits per heavy atom. The van der Waals surface area contributed by atoms with Gasteiger partial charge in [0.05, 0.1) is 28.3 Å². The second-order valence-corrected chi connectivity index (χ2v) is 9.25. The van der Waals surface area contributed by atoms with Crippen molar-refractivity contribution in [2.24, 2.45) is 0 Å². The van der Waals surface area contributed by atoms with Crippen LogP contribution in [0.15, 0.2) is 128 Å². The number of hydrogen-bond acceptors (Lipinski definition) is 3. The topological polar surface area (TPSA) is 64.7 Å². The van der Waals surface area contributed by atoms with Crippen LogP contribution in [0.25, 0.3) is 33.9 Å². The second-order valence-electron chi connectivity index (χ2n) is 9.25. The van der Waals surface area contributed by atoms with Crippen molar-refractivity contribution in [3.63, 3.8) is 0 Å². The van der Waals surface area contributed by atoms with Gasteiger partial charge in [0.25, 0.3) is 5.91 Å². The lowest BCUT2D eigenvalue weighted by molar-refractivity contribution is 0.0951. The van der Waals surface area contributed by atoms with E-state index in [4.69, 9.17) is 10.2 Å². The van der Waals surface area contributed by atoms with E-state index in [1.807, 2.05) is 144 Å². The number of para-hydroxylation sites is 2. The van der Waals surface area contributed by atoms with E-state index in [1.54, 1.807) is 0 Å². The van der Waals surface area contributed by atoms with Gasteiger partial charge in [-0.05, 0) is 31.2 Å². The number of aromatic nitrogens is 4. The van der Waals surface area contributed by atoms with E-state index >= 15 is 0 Å². The fourth-order valence-electron chi connectivity index (χ4n) is 4.75. The van der Waals surface area contributed by atoms with Crippen LogP contribution in [0.2, 0.25) is 0 Å². The molecule has 0 aliphatic rings. The van der Waals surface area contributed by atoms with Gasteiger partial charge in [0, 0.05) is 29.4 Å². The van der Waals surface area contributed by atoms with Gasteiger partial charge in [0.2, 0.25) is 0 Å². The number of hydrogen-bond donors (Lipinski definition) is 1. The molecule has 6 nitrogen and oxygen atoms in total. The summed E-state index contributed by atoms with van der Waals surface area (Å²) in [6, 6.07) is 39.7. The molecule has 6 rings (SSSR count). The molecule has 1 N–H and O–H groups in total. The average molecular weight is 510 g/mol. The molecule has 190 valence electrons. The SMILES string of the molecule is Cc1c(C(=O)NCc2cn(-c3ccccc3)nc2-c2ccccc2)c(-c2ccccc2)nn1-c1ccccc1. The molecule has 39 heavy (non-hydrogen) atoms. The number of amides is 1. The Morgan fingerprint density at radius 2 is 1.18 bits per heavy atom. The third-order valence-electron chi connectivity index (χ3n) is 6.69. The number of nitrogens with zero attached hydrogens (tertiary/aromatic N) is 4. The number of carbonyl (C=O) groups excluding carboxylic acids is 1. The molecule has 0 radical (unpaired) electrons. The molecule has 0 saturated heterocycles. The van der Waals surface area contributed by atoms with E-state index in [9.17, 15) is 4.79 Å². The van der Waals surface area contributed by atoms with Gasteiger partial charge < -0.3 is 5.32 Å². The summed E-state index contributed by atoms with van der Waals surface area (Å²) in [6.45, 7) is 2.25. The Hall–Kier alpha value is -5.23. The Labute approximate surface area is 227 Å². The maximum absolute atomic E-state index is 13.8. The molecule has 0 aliphatic carbocycles. The Kier molecular flexibility index (Phi) is 6.58. The van der Waals surface area contributed by atoms with Gasteiger partial charge in [-0.25, -0.2) is 9.36 Å². The first-order chi connectivity index (χ1) is 19.2. The fraction of sp³-hybridized carbons (Fsp3) is 0.0606. The highest BCUT2D eigenvalue weighted by Crippen LogP contribution is 2.28. The second kappa shape index (κ2) is 10.6. The third-order valence-corrected chi connectivity index (χ3v) is 6.69. The molecule has 2 heterocycles. The first-order valence-corrected chi connectivity index (χ1v) is 12.9. The summed E-state index contributed by atoms with van der Waals surface area (Å²) < 4.78 is 3.69. The zero-order valence-electron chi connectivity index (χ0n) is 21.5. The normalized spacial score (nSPS) is 10.9. The zero-order chi connectivity index (χ0) is 26.6. The van der Waals surface area contributed by atoms with Gasteiger partial charge in [-0.15, -0.1) is 0 Å². The lowest BCUT2D eigenvalue weighted by atomic mass is 10.0. The lowest BCUT2D eigenvalue weighted by Crippen LogP contribution is -2.24. The quantitative estimate of drug-likeness (QED) is 0.263. The molecule has 0 unspecified atom stereocenters. The molecular weight excluding hydrogens is 482 g/mol. The van der Waals surface area contributed by atoms with Crippen LogP contribution in [0.3, 0.4) is 0 Å². The summed E-state index contributed by atoms with van der Waals surface area (Å²) in [4.78, 5) is 13.8. The van der Waals surface area contributed by atoms with Crippen LogP contribution in [-0.4, -0.2) is 25.5 Å². The average Bonchev–Trinajstić information content (AvgIpc) is 3.59. The van der Waals surface area contributed by atoms with Crippen LogP contribution < -0.4 is 5.32 Å². The maximum atomic E-state index is 13.8. The fourth-order valence-corrected chi connectivity index (χ4v) is 4.75. The van der Waals surface area contributed by atoms with E-state index in [2.05, 4.69) is 5.32 Å². The van der Waals surface area contributed by atoms with Crippen LogP contribution in [0.1, 0.15) is 21.6 Å². The van der Waals surface area contributed by atoms with Gasteiger partial charge in [-0.3, -0.25) is 4.79 Å². The predicted octanol–water partition coefficient (Wildman–Crippen LogP) is 6.63. The van der Waals surface area contributed by atoms with E-state index in [1.165, 1.54) is 0 Å². The van der Waals surface area contributed by atoms with Crippen LogP contribution in [0.4, 0.5) is 0 Å². The summed E-state index contributed by atoms with van der Waals surface area (Å²) in [5, 5.41) is 12.9. The third kappa shape index (κ3) is 4.88. The Morgan fingerprint density at radius 3 is 1.77 bits per heavy atom. The molecule has 6 heteroatoms. The van der Waals surface area contributed by atoms with Crippen molar-refractivity contribution < 1.29 is 4.79 Å². The summed E-state index contributed by atoms with van der Waals surface area (Å²) in [7, 11) is 0. The van der Waals surface area contributed by atoms with Crippen molar-refractivity contribution in [1.82, 2.24) is 24.9 Å². The summed E-state index contributed by atoms with van der Waals surface area (Å²) in [5.74, 6) is -0.181. The smallest absolute Gasteiger partial charge is 0.255 e. The first-order valence-electron chi connectivity index (χ1n) is 12.9. The largest absolute Gasteiger partial charge is 0.348 e. The molecule has 0 saturated carbocycles. The molecule has 0 fully saturated rings. The predicted molar refractivity (Wildman–Crippen MR) is 154 cm³/mol. The zero-order valence-corrected chi connectivity index (χ0v) is 21.5. The van der Waals surface area contributed by atoms with E-state index in [0.29, 0.717) is 17.8 Å². The molecule has 0 atom stereocenters. The standard InChI is InChI=1S/C33H27N5O/c1-24-30(32(26-16-8-3-9-17-26)36-38(24)29-20-12-5-13-21-29)33(39)34-22-27-23-37(28-18-10-4-11-19-28)35-31(27)25-14-6-2-7-15-25/h2-21,23H,22H2,1H3,(H,34,39). The summed E-state index contributed by atoms with van der Waals surface area (Å²) in [5.41, 5.74) is 7.49. The minimum absolute atomic E-state index is 0.181. The Bertz CT molecular complexity index is 1710. The Balaban J connectivity index is 1.36. The number of benzene rings is 4. The van der Waals surface area contributed by atoms with Crippen molar-refractivity contribution >= 4 is 5.91 Å². The lowest BCUT2D eigenvalue weighted by Gasteiger charge is -2.08. The van der Waals surface area contributed by atoms with Crippen molar-refractivity contribution in [2.75, 3.05) is 0 Å². The molecule has 0 aliphatic heterocycles. The highest BCUT2D eigenvalue weighted by molar-refractivity contribution is 6.01. The molecular formula is C33H27N5O. The highest BCUT2D eigenvalue weighted by atomic mass is 16.1. The van der Waals surface area contributed by atoms with Gasteiger partial charge in [0.15, 0.2) is 0 Å². The molecule has 4 aromatic carbocycles. The van der Waals surface area contributed by atoms with Crippen LogP contribution in [0.5, 0.6) is 0 Å². The maximum Gasteiger partial charge on any atom is 0.255 e. The molecule has 6 aromatic rings. The van der Waals surface area contributed by atoms with Crippen LogP contribution in [0, 0.1) is 6.92 Å². The van der Waals surface area contributed by atoms with Crippen molar-refractivity contribution in [3.8, 4) is 33.9 Å². The number of nitrogens with one attached hydrogen (secondary N) is 1. The van der Waals surface area contributed by atoms with Gasteiger partial charge >= 0.3 is 0 Å². The first kappa shape index (κ1) is 24.1. The molecule has 1 amide bonds. The minimum atomic E-state index is -0.181. The summed E-state index contributed by atoms with van der Waals surface area (Å²) >= 11 is 0. The van der Waals surface area contributed by atoms with Crippen LogP contribution >= 0.6 is 0 Å². The van der Waals surface area contributed by atoms with Crippen LogP contribution in [-0.2, 0) is 6.54 Å². The van der Waals surface area contributed by atoms with Crippen molar-refractivity contribution in [2.45, 2.75) is 13.5 Å². The monoisotopic (exact) mass is 509 g/mol. The van der Waals surface area contributed by atoms with E-state index < -0.39 is 0 Å². The molecule has 0 bridgehead atoms. The van der Waals surface area contributed by atoms with Crippen molar-refractivity contribution in [3.05, 3.63) is 144 Å². The molecule has 2 aromatic heterocycles. The van der Waals surface area contributed by atoms with Gasteiger partial charge in [-0.2, -0.15) is 10.2 Å². The highest BCUT2D eigenvalue weighted by Gasteiger charge is 2.23. The van der Waals surface area contributed by atoms with Crippen molar-refractivity contribution in [1.29, 1.82) is 0 Å². The molecule has 0 spiro atoms. The number of carbonyl (C=O) groups is 1. The van der Waals surface area contributed by atoms with Gasteiger partial charge in [-0.1, -0.05) is 97.1 Å². The van der Waals surface area contributed by atoms with E-state index in [0.717, 1.165) is 39.5 Å². The number of rotatable bonds is 7.